The number of sulfonamides is 1. The molecule has 11 rings (SSSR count). The fourth-order valence-electron chi connectivity index (χ4n) is 12.8. The van der Waals surface area contributed by atoms with E-state index in [9.17, 15) is 28.4 Å². The number of aromatic nitrogens is 2. The van der Waals surface area contributed by atoms with Gasteiger partial charge in [0, 0.05) is 61.5 Å². The van der Waals surface area contributed by atoms with Crippen molar-refractivity contribution in [1.29, 1.82) is 0 Å². The lowest BCUT2D eigenvalue weighted by atomic mass is 9.59. The molecule has 5 aromatic rings. The van der Waals surface area contributed by atoms with Crippen LogP contribution in [-0.4, -0.2) is 115 Å². The smallest absolute Gasteiger partial charge is 0.293 e. The number of hydrogen-bond acceptors (Lipinski definition) is 14. The third-order valence-electron chi connectivity index (χ3n) is 17.0. The molecule has 1 spiro atoms. The Kier molecular flexibility index (Phi) is 13.2. The fourth-order valence-corrected chi connectivity index (χ4v) is 13.8. The molecular formula is C55H68N8O9S. The summed E-state index contributed by atoms with van der Waals surface area (Å²) in [4.78, 5) is 41.3. The molecule has 2 aromatic heterocycles. The molecule has 2 saturated carbocycles. The molecule has 0 unspecified atom stereocenters. The van der Waals surface area contributed by atoms with Gasteiger partial charge in [0.25, 0.3) is 21.6 Å². The highest BCUT2D eigenvalue weighted by atomic mass is 32.2. The van der Waals surface area contributed by atoms with Gasteiger partial charge in [-0.2, -0.15) is 4.98 Å². The van der Waals surface area contributed by atoms with Crippen LogP contribution in [0.25, 0.3) is 11.0 Å². The van der Waals surface area contributed by atoms with Crippen molar-refractivity contribution >= 4 is 55.4 Å². The first kappa shape index (κ1) is 49.4. The fraction of sp³-hybridized carbons (Fsp3) is 0.527. The Bertz CT molecular complexity index is 2990. The maximum absolute atomic E-state index is 14.7. The maximum atomic E-state index is 14.7. The number of rotatable bonds is 12. The Morgan fingerprint density at radius 3 is 2.51 bits per heavy atom. The summed E-state index contributed by atoms with van der Waals surface area (Å²) in [5, 5.41) is 26.8. The summed E-state index contributed by atoms with van der Waals surface area (Å²) < 4.78 is 49.5. The van der Waals surface area contributed by atoms with E-state index >= 15 is 0 Å². The van der Waals surface area contributed by atoms with E-state index in [1.54, 1.807) is 6.07 Å². The molecule has 17 nitrogen and oxygen atoms in total. The molecule has 0 bridgehead atoms. The van der Waals surface area contributed by atoms with Gasteiger partial charge in [0.05, 0.1) is 65.2 Å². The van der Waals surface area contributed by atoms with E-state index in [1.165, 1.54) is 23.3 Å². The first-order chi connectivity index (χ1) is 35.1. The minimum absolute atomic E-state index is 0.0986. The van der Waals surface area contributed by atoms with Crippen LogP contribution in [0.2, 0.25) is 0 Å². The molecule has 3 aromatic carbocycles. The molecule has 0 radical (unpaired) electrons. The molecule has 5 fully saturated rings. The number of ether oxygens (including phenoxy) is 3. The monoisotopic (exact) mass is 1020 g/mol. The normalized spacial score (nSPS) is 26.5. The lowest BCUT2D eigenvalue weighted by molar-refractivity contribution is -0.384. The number of amides is 1. The number of fused-ring (bicyclic) bond motifs is 3. The van der Waals surface area contributed by atoms with Crippen LogP contribution in [-0.2, 0) is 19.5 Å². The van der Waals surface area contributed by atoms with Gasteiger partial charge in [-0.15, -0.1) is 0 Å². The van der Waals surface area contributed by atoms with Gasteiger partial charge in [-0.25, -0.2) is 13.1 Å². The molecule has 18 heteroatoms. The maximum Gasteiger partial charge on any atom is 0.293 e. The summed E-state index contributed by atoms with van der Waals surface area (Å²) in [7, 11) is -4.63. The average molecular weight is 1020 g/mol. The van der Waals surface area contributed by atoms with Gasteiger partial charge in [-0.3, -0.25) is 19.8 Å². The van der Waals surface area contributed by atoms with Crippen LogP contribution in [0.3, 0.4) is 0 Å². The second kappa shape index (κ2) is 19.5. The van der Waals surface area contributed by atoms with Crippen LogP contribution in [0.15, 0.2) is 83.9 Å². The lowest BCUT2D eigenvalue weighted by Crippen LogP contribution is -2.60. The zero-order valence-corrected chi connectivity index (χ0v) is 43.0. The summed E-state index contributed by atoms with van der Waals surface area (Å²) >= 11 is 0. The Morgan fingerprint density at radius 2 is 1.74 bits per heavy atom. The van der Waals surface area contributed by atoms with Gasteiger partial charge < -0.3 is 39.4 Å². The molecule has 3 saturated heterocycles. The van der Waals surface area contributed by atoms with E-state index in [4.69, 9.17) is 19.2 Å². The summed E-state index contributed by atoms with van der Waals surface area (Å²) in [6.45, 7) is 12.9. The molecule has 388 valence electrons. The summed E-state index contributed by atoms with van der Waals surface area (Å²) in [6, 6.07) is 22.5. The van der Waals surface area contributed by atoms with Gasteiger partial charge >= 0.3 is 0 Å². The number of carbonyl (C=O) groups excluding carboxylic acids is 1. The van der Waals surface area contributed by atoms with Crippen molar-refractivity contribution in [3.63, 3.8) is 0 Å². The molecule has 4 N–H and O–H groups in total. The second-order valence-corrected chi connectivity index (χ2v) is 23.9. The minimum atomic E-state index is -4.63. The number of nitro benzene ring substituents is 1. The SMILES string of the molecule is CC(C)c1ccccc1[C@H]1COC[C@H](C)N1C1CC2(CCN(c3ccc(C(=O)NS(=O)(=O)c4ccc(NCC5CCC(C)(O)CC5)c([N+](=O)[O-])c4)c(N4c5cc6cc[nH]c6nc5O[C@@H]5CCOC[C@H]54)c3)CC2)C1. The predicted molar refractivity (Wildman–Crippen MR) is 279 cm³/mol. The van der Waals surface area contributed by atoms with E-state index in [2.05, 4.69) is 69.9 Å². The molecular weight excluding hydrogens is 949 g/mol. The first-order valence-electron chi connectivity index (χ1n) is 26.2. The van der Waals surface area contributed by atoms with Crippen molar-refractivity contribution in [1.82, 2.24) is 19.6 Å². The van der Waals surface area contributed by atoms with Crippen LogP contribution in [0.4, 0.5) is 28.4 Å². The first-order valence-corrected chi connectivity index (χ1v) is 27.7. The van der Waals surface area contributed by atoms with E-state index < -0.39 is 37.0 Å². The van der Waals surface area contributed by atoms with Crippen LogP contribution < -0.4 is 24.6 Å². The van der Waals surface area contributed by atoms with E-state index in [1.807, 2.05) is 42.3 Å². The van der Waals surface area contributed by atoms with E-state index in [0.717, 1.165) is 75.4 Å². The van der Waals surface area contributed by atoms with Crippen LogP contribution in [0.1, 0.15) is 119 Å². The molecule has 2 aliphatic carbocycles. The van der Waals surface area contributed by atoms with Crippen LogP contribution in [0.5, 0.6) is 5.88 Å². The van der Waals surface area contributed by atoms with Crippen LogP contribution in [0, 0.1) is 21.4 Å². The van der Waals surface area contributed by atoms with Gasteiger partial charge in [-0.1, -0.05) is 38.1 Å². The second-order valence-electron chi connectivity index (χ2n) is 22.3. The predicted octanol–water partition coefficient (Wildman–Crippen LogP) is 8.97. The lowest BCUT2D eigenvalue weighted by Gasteiger charge is -2.59. The van der Waals surface area contributed by atoms with Gasteiger partial charge in [-0.05, 0) is 136 Å². The van der Waals surface area contributed by atoms with Gasteiger partial charge in [0.15, 0.2) is 0 Å². The molecule has 4 aliphatic heterocycles. The number of carbonyl (C=O) groups is 1. The highest BCUT2D eigenvalue weighted by Gasteiger charge is 2.51. The van der Waals surface area contributed by atoms with Crippen molar-refractivity contribution in [2.24, 2.45) is 11.3 Å². The minimum Gasteiger partial charge on any atom is -0.470 e. The van der Waals surface area contributed by atoms with Crippen molar-refractivity contribution in [2.45, 2.75) is 132 Å². The summed E-state index contributed by atoms with van der Waals surface area (Å²) in [6.07, 6.45) is 9.14. The largest absolute Gasteiger partial charge is 0.470 e. The Morgan fingerprint density at radius 1 is 0.959 bits per heavy atom. The standard InChI is InChI=1S/C55H68N8O9S/c1-34(2)41-7-5-6-8-42(41)48-32-71-31-35(3)61(48)39-28-55(29-39)19-22-60(23-20-55)38-9-11-43(45(26-38)62-47-25-37-15-21-56-51(37)58-53(47)72-50-16-24-70-33-49(50)62)52(64)59-73(68,69)40-10-12-44(46(27-40)63(66)67)57-30-36-13-17-54(4,65)18-14-36/h5-12,15,21,25-27,34-36,39,48-50,57,65H,13-14,16-20,22-24,28-33H2,1-4H3,(H,56,58)(H,59,64)/t35-,36?,48+,49+,50+,54?/m0/s1. The third-order valence-corrected chi connectivity index (χ3v) is 18.3. The Labute approximate surface area is 427 Å². The number of anilines is 4. The number of nitro groups is 1. The van der Waals surface area contributed by atoms with E-state index in [-0.39, 0.29) is 40.8 Å². The van der Waals surface area contributed by atoms with Crippen LogP contribution >= 0.6 is 0 Å². The van der Waals surface area contributed by atoms with Crippen molar-refractivity contribution in [3.05, 3.63) is 106 Å². The highest BCUT2D eigenvalue weighted by Crippen LogP contribution is 2.54. The number of piperidine rings is 1. The number of aliphatic hydroxyl groups is 1. The van der Waals surface area contributed by atoms with Crippen molar-refractivity contribution in [3.8, 4) is 5.88 Å². The third kappa shape index (κ3) is 9.65. The zero-order valence-electron chi connectivity index (χ0n) is 42.2. The zero-order chi connectivity index (χ0) is 50.8. The number of benzene rings is 3. The molecule has 6 aliphatic rings. The van der Waals surface area contributed by atoms with Gasteiger partial charge in [0.2, 0.25) is 5.88 Å². The molecule has 4 atom stereocenters. The molecule has 6 heterocycles. The number of hydrogen-bond donors (Lipinski definition) is 4. The molecule has 73 heavy (non-hydrogen) atoms. The number of nitrogens with zero attached hydrogens (tertiary/aromatic N) is 5. The number of nitrogens with one attached hydrogen (secondary N) is 3. The quantitative estimate of drug-likeness (QED) is 0.0681. The number of H-pyrrole nitrogens is 1. The van der Waals surface area contributed by atoms with E-state index in [0.29, 0.717) is 86.5 Å². The van der Waals surface area contributed by atoms with Crippen molar-refractivity contribution in [2.75, 3.05) is 61.2 Å². The number of aromatic amines is 1. The number of pyridine rings is 1. The van der Waals surface area contributed by atoms with Gasteiger partial charge in [0.1, 0.15) is 23.1 Å². The topological polar surface area (TPSA) is 205 Å². The number of morpholine rings is 1. The Hall–Kier alpha value is -5.79. The molecule has 1 amide bonds. The Balaban J connectivity index is 0.867. The average Bonchev–Trinajstić information content (AvgIpc) is 3.83. The highest BCUT2D eigenvalue weighted by molar-refractivity contribution is 7.90. The summed E-state index contributed by atoms with van der Waals surface area (Å²) in [5.41, 5.74) is 4.77. The van der Waals surface area contributed by atoms with Crippen molar-refractivity contribution < 1.29 is 37.5 Å². The summed E-state index contributed by atoms with van der Waals surface area (Å²) in [5.74, 6) is 0.118.